The van der Waals surface area contributed by atoms with Gasteiger partial charge in [-0.2, -0.15) is 0 Å². The average molecular weight is 370 g/mol. The van der Waals surface area contributed by atoms with Crippen molar-refractivity contribution in [2.24, 2.45) is 10.3 Å². The zero-order chi connectivity index (χ0) is 16.5. The summed E-state index contributed by atoms with van der Waals surface area (Å²) in [6.45, 7) is 0. The van der Waals surface area contributed by atoms with Crippen molar-refractivity contribution in [3.63, 3.8) is 0 Å². The molecule has 0 aliphatic rings. The molecule has 8 nitrogen and oxygen atoms in total. The first-order valence-corrected chi connectivity index (χ1v) is 5.88. The monoisotopic (exact) mass is 369 g/mol. The molecule has 23 heavy (non-hydrogen) atoms. The SMILES string of the molecule is [Cu+2].[O-]N=Cc1ccc(O)cc1[OH2+].[O-]N=Cc1ccc(O)cc1[OH2+]. The van der Waals surface area contributed by atoms with Gasteiger partial charge < -0.3 is 41.2 Å². The van der Waals surface area contributed by atoms with Crippen molar-refractivity contribution in [3.8, 4) is 23.0 Å². The number of hydrogen-bond acceptors (Lipinski definition) is 6. The molecule has 6 N–H and O–H groups in total. The molecule has 9 heteroatoms. The fourth-order valence-corrected chi connectivity index (χ4v) is 1.43. The normalized spacial score (nSPS) is 10.1. The summed E-state index contributed by atoms with van der Waals surface area (Å²) in [5.41, 5.74) is 0.801. The molecular formula is C14H14CuN2O6+2. The summed E-state index contributed by atoms with van der Waals surface area (Å²) in [5.74, 6) is 0.199. The summed E-state index contributed by atoms with van der Waals surface area (Å²) in [4.78, 5) is 0. The molecule has 2 aromatic rings. The van der Waals surface area contributed by atoms with Crippen LogP contribution in [0, 0.1) is 10.4 Å². The summed E-state index contributed by atoms with van der Waals surface area (Å²) in [6, 6.07) is 8.20. The predicted octanol–water partition coefficient (Wildman–Crippen LogP) is 1.49. The molecule has 0 aliphatic carbocycles. The fraction of sp³-hybridized carbons (Fsp3) is 0. The minimum atomic E-state index is 0. The number of phenolic OH excluding ortho intramolecular Hbond substituents is 2. The van der Waals surface area contributed by atoms with E-state index in [0.717, 1.165) is 12.4 Å². The summed E-state index contributed by atoms with van der Waals surface area (Å²) in [5, 5.41) is 56.7. The number of aromatic hydroxyl groups is 2. The Hall–Kier alpha value is -2.90. The Morgan fingerprint density at radius 2 is 1.13 bits per heavy atom. The molecule has 0 aromatic heterocycles. The number of benzene rings is 2. The first-order chi connectivity index (χ1) is 10.5. The van der Waals surface area contributed by atoms with Crippen molar-refractivity contribution in [3.05, 3.63) is 57.9 Å². The number of hydrogen-bond donors (Lipinski definition) is 2. The molecule has 0 saturated heterocycles. The molecular weight excluding hydrogens is 356 g/mol. The first kappa shape index (κ1) is 20.1. The third-order valence-electron chi connectivity index (χ3n) is 2.46. The molecule has 0 aliphatic heterocycles. The molecule has 0 spiro atoms. The van der Waals surface area contributed by atoms with Crippen LogP contribution in [0.1, 0.15) is 11.1 Å². The molecule has 2 aromatic carbocycles. The van der Waals surface area contributed by atoms with Gasteiger partial charge in [-0.05, 0) is 24.3 Å². The topological polar surface area (TPSA) is 157 Å². The van der Waals surface area contributed by atoms with Crippen LogP contribution in [0.3, 0.4) is 0 Å². The molecule has 0 heterocycles. The molecule has 1 radical (unpaired) electrons. The van der Waals surface area contributed by atoms with E-state index in [1.807, 2.05) is 0 Å². The van der Waals surface area contributed by atoms with Gasteiger partial charge in [0.2, 0.25) is 0 Å². The number of rotatable bonds is 2. The minimum absolute atomic E-state index is 0. The van der Waals surface area contributed by atoms with Crippen molar-refractivity contribution < 1.29 is 37.5 Å². The maximum atomic E-state index is 9.76. The van der Waals surface area contributed by atoms with Crippen molar-refractivity contribution in [2.45, 2.75) is 0 Å². The zero-order valence-corrected chi connectivity index (χ0v) is 12.5. The van der Waals surface area contributed by atoms with Crippen LogP contribution >= 0.6 is 0 Å². The van der Waals surface area contributed by atoms with E-state index in [-0.39, 0.29) is 40.1 Å². The van der Waals surface area contributed by atoms with Gasteiger partial charge in [-0.25, -0.2) is 0 Å². The van der Waals surface area contributed by atoms with E-state index in [1.54, 1.807) is 0 Å². The van der Waals surface area contributed by atoms with Crippen molar-refractivity contribution in [1.82, 2.24) is 0 Å². The van der Waals surface area contributed by atoms with Crippen molar-refractivity contribution in [2.75, 3.05) is 0 Å². The van der Waals surface area contributed by atoms with Crippen LogP contribution in [0.25, 0.3) is 0 Å². The van der Waals surface area contributed by atoms with Gasteiger partial charge in [-0.15, -0.1) is 0 Å². The maximum Gasteiger partial charge on any atom is 2.00 e. The Morgan fingerprint density at radius 3 is 1.39 bits per heavy atom. The van der Waals surface area contributed by atoms with Gasteiger partial charge in [0.25, 0.3) is 11.5 Å². The quantitative estimate of drug-likeness (QED) is 0.355. The molecule has 0 bridgehead atoms. The first-order valence-electron chi connectivity index (χ1n) is 5.88. The van der Waals surface area contributed by atoms with E-state index in [9.17, 15) is 10.4 Å². The predicted molar refractivity (Wildman–Crippen MR) is 84.3 cm³/mol. The molecule has 0 atom stereocenters. The van der Waals surface area contributed by atoms with Crippen LogP contribution in [-0.2, 0) is 17.1 Å². The second-order valence-electron chi connectivity index (χ2n) is 4.01. The van der Waals surface area contributed by atoms with Crippen LogP contribution < -0.4 is 0 Å². The third-order valence-corrected chi connectivity index (χ3v) is 2.46. The number of nitrogens with zero attached hydrogens (tertiary/aromatic N) is 2. The van der Waals surface area contributed by atoms with Gasteiger partial charge in [0, 0.05) is 12.4 Å². The van der Waals surface area contributed by atoms with Crippen molar-refractivity contribution >= 4 is 12.4 Å². The van der Waals surface area contributed by atoms with Gasteiger partial charge in [0.15, 0.2) is 0 Å². The van der Waals surface area contributed by atoms with Crippen LogP contribution in [0.15, 0.2) is 46.7 Å². The van der Waals surface area contributed by atoms with E-state index in [4.69, 9.17) is 20.4 Å². The van der Waals surface area contributed by atoms with E-state index in [2.05, 4.69) is 10.3 Å². The summed E-state index contributed by atoms with van der Waals surface area (Å²) >= 11 is 0. The Balaban J connectivity index is 0.000000403. The summed E-state index contributed by atoms with van der Waals surface area (Å²) < 4.78 is 0. The standard InChI is InChI=1S/2C7H7NO3.Cu/c2*9-6-2-1-5(4-8-11)7(10)3-6;/h2*1-4,9-11H;/q;;+2. The van der Waals surface area contributed by atoms with Gasteiger partial charge in [0.05, 0.1) is 23.3 Å². The van der Waals surface area contributed by atoms with Gasteiger partial charge in [-0.3, -0.25) is 0 Å². The van der Waals surface area contributed by atoms with Gasteiger partial charge in [-0.1, -0.05) is 0 Å². The maximum absolute atomic E-state index is 9.76. The molecule has 2 rings (SSSR count). The van der Waals surface area contributed by atoms with Crippen LogP contribution in [-0.4, -0.2) is 32.9 Å². The van der Waals surface area contributed by atoms with Crippen LogP contribution in [0.4, 0.5) is 0 Å². The molecule has 0 fully saturated rings. The fourth-order valence-electron chi connectivity index (χ4n) is 1.43. The van der Waals surface area contributed by atoms with Gasteiger partial charge >= 0.3 is 17.1 Å². The summed E-state index contributed by atoms with van der Waals surface area (Å²) in [6.07, 6.45) is 2.06. The Labute approximate surface area is 141 Å². The minimum Gasteiger partial charge on any atom is -0.792 e. The van der Waals surface area contributed by atoms with E-state index >= 15 is 0 Å². The number of phenols is 2. The Morgan fingerprint density at radius 1 is 0.783 bits per heavy atom. The van der Waals surface area contributed by atoms with Crippen LogP contribution in [0.5, 0.6) is 23.0 Å². The zero-order valence-electron chi connectivity index (χ0n) is 11.5. The van der Waals surface area contributed by atoms with E-state index in [0.29, 0.717) is 11.1 Å². The van der Waals surface area contributed by atoms with Gasteiger partial charge in [0.1, 0.15) is 11.5 Å². The second kappa shape index (κ2) is 9.93. The van der Waals surface area contributed by atoms with Crippen LogP contribution in [0.2, 0.25) is 0 Å². The average Bonchev–Trinajstić information content (AvgIpc) is 2.46. The molecule has 0 unspecified atom stereocenters. The Bertz CT molecular complexity index is 631. The summed E-state index contributed by atoms with van der Waals surface area (Å²) in [7, 11) is 0. The third kappa shape index (κ3) is 6.60. The molecule has 125 valence electrons. The molecule has 0 amide bonds. The Kier molecular flexibility index (Phi) is 8.68. The van der Waals surface area contributed by atoms with E-state index < -0.39 is 0 Å². The smallest absolute Gasteiger partial charge is 0.792 e. The molecule has 0 saturated carbocycles. The van der Waals surface area contributed by atoms with E-state index in [1.165, 1.54) is 36.4 Å². The second-order valence-corrected chi connectivity index (χ2v) is 4.01. The largest absolute Gasteiger partial charge is 2.00 e. The van der Waals surface area contributed by atoms with Crippen molar-refractivity contribution in [1.29, 1.82) is 0 Å².